The second kappa shape index (κ2) is 10.2. The van der Waals surface area contributed by atoms with Gasteiger partial charge in [-0.3, -0.25) is 0 Å². The maximum atomic E-state index is 11.5. The molecule has 0 unspecified atom stereocenters. The van der Waals surface area contributed by atoms with Crippen molar-refractivity contribution in [3.63, 3.8) is 0 Å². The van der Waals surface area contributed by atoms with Crippen LogP contribution in [-0.4, -0.2) is 22.5 Å². The fourth-order valence-corrected chi connectivity index (χ4v) is 5.61. The van der Waals surface area contributed by atoms with Crippen LogP contribution in [0, 0.1) is 11.3 Å². The summed E-state index contributed by atoms with van der Waals surface area (Å²) in [7, 11) is 0. The van der Waals surface area contributed by atoms with E-state index in [1.165, 1.54) is 16.7 Å². The van der Waals surface area contributed by atoms with Gasteiger partial charge in [-0.25, -0.2) is 4.79 Å². The van der Waals surface area contributed by atoms with Gasteiger partial charge in [-0.2, -0.15) is 0 Å². The number of allylic oxidation sites excluding steroid dienone is 5. The monoisotopic (exact) mass is 486 g/mol. The minimum Gasteiger partial charge on any atom is -0.489 e. The first kappa shape index (κ1) is 23.8. The Morgan fingerprint density at radius 1 is 1.26 bits per heavy atom. The number of carboxylic acid groups (broad SMARTS) is 1. The van der Waals surface area contributed by atoms with Gasteiger partial charge in [0.25, 0.3) is 0 Å². The molecule has 2 aliphatic rings. The number of benzene rings is 1. The van der Waals surface area contributed by atoms with E-state index >= 15 is 0 Å². The Morgan fingerprint density at radius 3 is 2.74 bits per heavy atom. The molecule has 0 radical (unpaired) electrons. The highest BCUT2D eigenvalue weighted by molar-refractivity contribution is 9.09. The molecule has 1 aromatic rings. The van der Waals surface area contributed by atoms with E-state index in [1.54, 1.807) is 12.1 Å². The van der Waals surface area contributed by atoms with Crippen molar-refractivity contribution in [3.8, 4) is 5.75 Å². The van der Waals surface area contributed by atoms with E-state index in [4.69, 9.17) is 4.74 Å². The number of hydrogen-bond acceptors (Lipinski definition) is 2. The summed E-state index contributed by atoms with van der Waals surface area (Å²) in [6, 6.07) is 5.25. The second-order valence-corrected chi connectivity index (χ2v) is 10.7. The van der Waals surface area contributed by atoms with Crippen LogP contribution in [0.3, 0.4) is 0 Å². The first-order valence-corrected chi connectivity index (χ1v) is 12.2. The lowest BCUT2D eigenvalue weighted by Crippen LogP contribution is -2.41. The van der Waals surface area contributed by atoms with E-state index in [9.17, 15) is 9.90 Å². The van der Waals surface area contributed by atoms with Crippen LogP contribution >= 0.6 is 15.9 Å². The summed E-state index contributed by atoms with van der Waals surface area (Å²) in [5.74, 6) is 0.278. The number of fused-ring (bicyclic) bond motifs is 2. The number of aromatic carboxylic acids is 1. The van der Waals surface area contributed by atoms with Gasteiger partial charge in [-0.15, -0.1) is 0 Å². The molecular formula is C27H35BrO3. The Kier molecular flexibility index (Phi) is 7.85. The Bertz CT molecular complexity index is 907. The molecule has 0 saturated heterocycles. The van der Waals surface area contributed by atoms with Crippen molar-refractivity contribution < 1.29 is 14.6 Å². The quantitative estimate of drug-likeness (QED) is 0.320. The molecule has 3 nitrogen and oxygen atoms in total. The molecule has 168 valence electrons. The molecule has 0 saturated carbocycles. The lowest BCUT2D eigenvalue weighted by molar-refractivity contribution is 0.0696. The van der Waals surface area contributed by atoms with Gasteiger partial charge in [0, 0.05) is 4.83 Å². The van der Waals surface area contributed by atoms with E-state index in [0.717, 1.165) is 49.8 Å². The average Bonchev–Trinajstić information content (AvgIpc) is 2.90. The SMILES string of the molecule is CC(C)=CCCC(C)=CCC[C@@]1(C)[C@@H]2Cc3cc(C(=O)O)ccc3OCC2=CC[C@@H]1Br. The van der Waals surface area contributed by atoms with Crippen molar-refractivity contribution in [1.29, 1.82) is 0 Å². The number of hydrogen-bond donors (Lipinski definition) is 1. The van der Waals surface area contributed by atoms with Gasteiger partial charge in [0.1, 0.15) is 12.4 Å². The van der Waals surface area contributed by atoms with Crippen LogP contribution in [0.5, 0.6) is 5.75 Å². The summed E-state index contributed by atoms with van der Waals surface area (Å²) in [5.41, 5.74) is 5.62. The standard InChI is InChI=1S/C27H35BrO3/c1-18(2)7-5-8-19(3)9-6-14-27(4)23-16-22-15-20(26(29)30)10-12-24(22)31-17-21(23)11-13-25(27)28/h7,9-12,15,23,25H,5-6,8,13-14,16-17H2,1-4H3,(H,29,30)/t23-,25+,27+/m1/s1. The van der Waals surface area contributed by atoms with E-state index in [2.05, 4.69) is 61.9 Å². The van der Waals surface area contributed by atoms with Crippen LogP contribution in [0.1, 0.15) is 75.7 Å². The van der Waals surface area contributed by atoms with Crippen LogP contribution in [0.2, 0.25) is 0 Å². The molecule has 0 amide bonds. The molecule has 31 heavy (non-hydrogen) atoms. The molecule has 0 spiro atoms. The highest BCUT2D eigenvalue weighted by Crippen LogP contribution is 2.51. The Balaban J connectivity index is 1.78. The molecular weight excluding hydrogens is 452 g/mol. The highest BCUT2D eigenvalue weighted by Gasteiger charge is 2.44. The Labute approximate surface area is 195 Å². The third-order valence-corrected chi connectivity index (χ3v) is 8.36. The molecule has 1 aromatic carbocycles. The van der Waals surface area contributed by atoms with E-state index < -0.39 is 5.97 Å². The van der Waals surface area contributed by atoms with E-state index in [0.29, 0.717) is 22.9 Å². The molecule has 4 heteroatoms. The first-order chi connectivity index (χ1) is 14.7. The number of alkyl halides is 1. The summed E-state index contributed by atoms with van der Waals surface area (Å²) < 4.78 is 6.09. The number of halogens is 1. The van der Waals surface area contributed by atoms with Crippen molar-refractivity contribution in [2.45, 2.75) is 71.0 Å². The second-order valence-electron chi connectivity index (χ2n) is 9.57. The summed E-state index contributed by atoms with van der Waals surface area (Å²) in [6.45, 7) is 9.53. The summed E-state index contributed by atoms with van der Waals surface area (Å²) >= 11 is 3.99. The van der Waals surface area contributed by atoms with Gasteiger partial charge >= 0.3 is 5.97 Å². The van der Waals surface area contributed by atoms with Gasteiger partial charge in [0.15, 0.2) is 0 Å². The topological polar surface area (TPSA) is 46.5 Å². The highest BCUT2D eigenvalue weighted by atomic mass is 79.9. The third-order valence-electron chi connectivity index (χ3n) is 6.94. The van der Waals surface area contributed by atoms with E-state index in [-0.39, 0.29) is 5.41 Å². The fourth-order valence-electron chi connectivity index (χ4n) is 4.88. The Hall–Kier alpha value is -1.81. The smallest absolute Gasteiger partial charge is 0.335 e. The molecule has 1 heterocycles. The van der Waals surface area contributed by atoms with Crippen molar-refractivity contribution in [3.05, 3.63) is 64.3 Å². The largest absolute Gasteiger partial charge is 0.489 e. The van der Waals surface area contributed by atoms with Crippen LogP contribution in [0.4, 0.5) is 0 Å². The van der Waals surface area contributed by atoms with Gasteiger partial charge in [0.2, 0.25) is 0 Å². The van der Waals surface area contributed by atoms with Crippen LogP contribution in [0.25, 0.3) is 0 Å². The maximum Gasteiger partial charge on any atom is 0.335 e. The molecule has 1 N–H and O–H groups in total. The maximum absolute atomic E-state index is 11.5. The minimum atomic E-state index is -0.888. The molecule has 0 fully saturated rings. The summed E-state index contributed by atoms with van der Waals surface area (Å²) in [5, 5.41) is 9.42. The molecule has 0 aromatic heterocycles. The number of rotatable bonds is 7. The summed E-state index contributed by atoms with van der Waals surface area (Å²) in [6.07, 6.45) is 13.3. The number of carbonyl (C=O) groups is 1. The van der Waals surface area contributed by atoms with Crippen molar-refractivity contribution in [1.82, 2.24) is 0 Å². The zero-order valence-electron chi connectivity index (χ0n) is 19.2. The normalized spacial score (nSPS) is 25.5. The van der Waals surface area contributed by atoms with Gasteiger partial charge in [-0.05, 0) is 100.0 Å². The number of ether oxygens (including phenoxy) is 1. The lowest BCUT2D eigenvalue weighted by Gasteiger charge is -2.45. The van der Waals surface area contributed by atoms with Crippen LogP contribution < -0.4 is 4.74 Å². The molecule has 3 rings (SSSR count). The van der Waals surface area contributed by atoms with Crippen molar-refractivity contribution in [2.75, 3.05) is 6.61 Å². The predicted octanol–water partition coefficient (Wildman–Crippen LogP) is 7.51. The minimum absolute atomic E-state index is 0.0883. The fraction of sp³-hybridized carbons (Fsp3) is 0.519. The van der Waals surface area contributed by atoms with Crippen molar-refractivity contribution >= 4 is 21.9 Å². The molecule has 0 bridgehead atoms. The predicted molar refractivity (Wildman–Crippen MR) is 131 cm³/mol. The lowest BCUT2D eigenvalue weighted by atomic mass is 9.63. The summed E-state index contributed by atoms with van der Waals surface area (Å²) in [4.78, 5) is 11.9. The van der Waals surface area contributed by atoms with Gasteiger partial charge < -0.3 is 9.84 Å². The molecule has 1 aliphatic heterocycles. The zero-order chi connectivity index (χ0) is 22.6. The van der Waals surface area contributed by atoms with E-state index in [1.807, 2.05) is 6.07 Å². The van der Waals surface area contributed by atoms with Crippen LogP contribution in [-0.2, 0) is 6.42 Å². The van der Waals surface area contributed by atoms with Crippen LogP contribution in [0.15, 0.2) is 53.1 Å². The van der Waals surface area contributed by atoms with Gasteiger partial charge in [-0.1, -0.05) is 52.2 Å². The Morgan fingerprint density at radius 2 is 2.03 bits per heavy atom. The number of carboxylic acids is 1. The molecule has 1 aliphatic carbocycles. The third kappa shape index (κ3) is 5.71. The first-order valence-electron chi connectivity index (χ1n) is 11.3. The molecule has 3 atom stereocenters. The zero-order valence-corrected chi connectivity index (χ0v) is 20.8. The van der Waals surface area contributed by atoms with Gasteiger partial charge in [0.05, 0.1) is 5.56 Å². The average molecular weight is 487 g/mol. The van der Waals surface area contributed by atoms with Crippen molar-refractivity contribution in [2.24, 2.45) is 11.3 Å².